The number of aromatic nitrogens is 4. The number of nitrogens with zero attached hydrogens (tertiary/aromatic N) is 4. The third kappa shape index (κ3) is 3.58. The van der Waals surface area contributed by atoms with Gasteiger partial charge < -0.3 is 10.1 Å². The summed E-state index contributed by atoms with van der Waals surface area (Å²) in [5.41, 5.74) is 2.90. The average Bonchev–Trinajstić information content (AvgIpc) is 3.43. The molecule has 7 heteroatoms. The number of benzene rings is 2. The van der Waals surface area contributed by atoms with Crippen molar-refractivity contribution in [1.29, 1.82) is 0 Å². The first-order valence-corrected chi connectivity index (χ1v) is 11.1. The minimum absolute atomic E-state index is 0.0439. The molecule has 32 heavy (non-hydrogen) atoms. The normalized spacial score (nSPS) is 16.1. The third-order valence-electron chi connectivity index (χ3n) is 5.96. The maximum Gasteiger partial charge on any atom is 0.331 e. The second-order valence-electron chi connectivity index (χ2n) is 8.20. The van der Waals surface area contributed by atoms with Crippen LogP contribution in [0.1, 0.15) is 36.4 Å². The van der Waals surface area contributed by atoms with E-state index < -0.39 is 6.10 Å². The van der Waals surface area contributed by atoms with Crippen LogP contribution < -0.4 is 11.0 Å². The smallest absolute Gasteiger partial charge is 0.331 e. The number of hydrogen-bond acceptors (Lipinski definition) is 5. The number of anilines is 1. The van der Waals surface area contributed by atoms with Crippen molar-refractivity contribution in [2.24, 2.45) is 0 Å². The summed E-state index contributed by atoms with van der Waals surface area (Å²) < 4.78 is 9.33. The summed E-state index contributed by atoms with van der Waals surface area (Å²) in [6.07, 6.45) is 1.28. The van der Waals surface area contributed by atoms with Gasteiger partial charge in [0.1, 0.15) is 17.6 Å². The molecule has 7 nitrogen and oxygen atoms in total. The second kappa shape index (κ2) is 8.59. The maximum atomic E-state index is 13.4. The molecule has 2 atom stereocenters. The van der Waals surface area contributed by atoms with E-state index in [1.165, 1.54) is 5.56 Å². The highest BCUT2D eigenvalue weighted by Crippen LogP contribution is 2.34. The maximum absolute atomic E-state index is 13.4. The van der Waals surface area contributed by atoms with Crippen molar-refractivity contribution < 1.29 is 4.74 Å². The Bertz CT molecular complexity index is 1230. The lowest BCUT2D eigenvalue weighted by atomic mass is 10.1. The van der Waals surface area contributed by atoms with E-state index in [4.69, 9.17) is 14.7 Å². The molecule has 1 N–H and O–H groups in total. The van der Waals surface area contributed by atoms with Crippen molar-refractivity contribution in [3.63, 3.8) is 0 Å². The molecule has 0 saturated carbocycles. The lowest BCUT2D eigenvalue weighted by molar-refractivity contribution is 0.130. The van der Waals surface area contributed by atoms with Gasteiger partial charge in [-0.05, 0) is 24.0 Å². The molecule has 0 aliphatic carbocycles. The number of ether oxygens (including phenoxy) is 1. The first-order chi connectivity index (χ1) is 15.7. The van der Waals surface area contributed by atoms with Crippen molar-refractivity contribution in [3.05, 3.63) is 88.1 Å². The Labute approximate surface area is 187 Å². The Morgan fingerprint density at radius 1 is 1.09 bits per heavy atom. The summed E-state index contributed by atoms with van der Waals surface area (Å²) in [5, 5.41) is 3.55. The number of fused-ring (bicyclic) bond motifs is 3. The predicted octanol–water partition coefficient (Wildman–Crippen LogP) is 3.73. The zero-order chi connectivity index (χ0) is 22.1. The quantitative estimate of drug-likeness (QED) is 0.485. The van der Waals surface area contributed by atoms with Crippen LogP contribution in [0.25, 0.3) is 11.5 Å². The molecule has 0 saturated heterocycles. The summed E-state index contributed by atoms with van der Waals surface area (Å²) >= 11 is 0. The average molecular weight is 430 g/mol. The van der Waals surface area contributed by atoms with Crippen LogP contribution in [0, 0.1) is 0 Å². The van der Waals surface area contributed by atoms with Crippen LogP contribution in [0.2, 0.25) is 0 Å². The topological polar surface area (TPSA) is 74.0 Å². The number of nitrogens with one attached hydrogen (secondary N) is 1. The number of rotatable bonds is 7. The van der Waals surface area contributed by atoms with Gasteiger partial charge in [0.25, 0.3) is 0 Å². The molecular weight excluding hydrogens is 402 g/mol. The molecule has 2 aromatic rings. The lowest BCUT2D eigenvalue weighted by Gasteiger charge is -2.13. The van der Waals surface area contributed by atoms with Gasteiger partial charge in [0.2, 0.25) is 0 Å². The molecule has 0 spiro atoms. The molecule has 2 aromatic carbocycles. The summed E-state index contributed by atoms with van der Waals surface area (Å²) in [5.74, 6) is 1.93. The zero-order valence-electron chi connectivity index (χ0n) is 18.4. The van der Waals surface area contributed by atoms with Crippen LogP contribution in [0.15, 0.2) is 65.5 Å². The lowest BCUT2D eigenvalue weighted by Crippen LogP contribution is -2.32. The summed E-state index contributed by atoms with van der Waals surface area (Å²) in [4.78, 5) is 23.0. The van der Waals surface area contributed by atoms with E-state index >= 15 is 0 Å². The van der Waals surface area contributed by atoms with Crippen molar-refractivity contribution in [3.8, 4) is 11.5 Å². The highest BCUT2D eigenvalue weighted by molar-refractivity contribution is 5.70. The first kappa shape index (κ1) is 20.5. The fourth-order valence-electron chi connectivity index (χ4n) is 4.51. The Balaban J connectivity index is 1.58. The SMILES string of the molecule is CCCn1c2nc(C(OC)c3ccccc3)nc-2c2n(c1=O)CC(Cc1ccccc1)N2. The van der Waals surface area contributed by atoms with Crippen LogP contribution >= 0.6 is 0 Å². The van der Waals surface area contributed by atoms with Gasteiger partial charge in [-0.25, -0.2) is 14.8 Å². The Hall–Kier alpha value is -3.45. The highest BCUT2D eigenvalue weighted by Gasteiger charge is 2.33. The summed E-state index contributed by atoms with van der Waals surface area (Å²) in [6, 6.07) is 20.4. The van der Waals surface area contributed by atoms with Gasteiger partial charge in [0.05, 0.1) is 0 Å². The molecule has 0 radical (unpaired) electrons. The van der Waals surface area contributed by atoms with Crippen LogP contribution in [-0.4, -0.2) is 32.3 Å². The minimum Gasteiger partial charge on any atom is -0.369 e. The van der Waals surface area contributed by atoms with E-state index in [1.54, 1.807) is 11.7 Å². The zero-order valence-corrected chi connectivity index (χ0v) is 18.4. The monoisotopic (exact) mass is 429 g/mol. The summed E-state index contributed by atoms with van der Waals surface area (Å²) in [6.45, 7) is 3.27. The van der Waals surface area contributed by atoms with Gasteiger partial charge in [0, 0.05) is 26.2 Å². The fraction of sp³-hybridized carbons (Fsp3) is 0.320. The molecule has 164 valence electrons. The van der Waals surface area contributed by atoms with Gasteiger partial charge in [-0.2, -0.15) is 0 Å². The first-order valence-electron chi connectivity index (χ1n) is 11.1. The van der Waals surface area contributed by atoms with Crippen molar-refractivity contribution in [2.75, 3.05) is 12.4 Å². The van der Waals surface area contributed by atoms with Crippen molar-refractivity contribution >= 4 is 5.82 Å². The van der Waals surface area contributed by atoms with Crippen molar-refractivity contribution in [1.82, 2.24) is 19.1 Å². The number of hydrogen-bond donors (Lipinski definition) is 1. The van der Waals surface area contributed by atoms with E-state index in [0.717, 1.165) is 29.9 Å². The Kier molecular flexibility index (Phi) is 5.49. The molecular formula is C25H27N5O2. The van der Waals surface area contributed by atoms with Crippen LogP contribution in [0.5, 0.6) is 0 Å². The van der Waals surface area contributed by atoms with Gasteiger partial charge >= 0.3 is 5.69 Å². The van der Waals surface area contributed by atoms with E-state index in [-0.39, 0.29) is 11.7 Å². The fourth-order valence-corrected chi connectivity index (χ4v) is 4.51. The van der Waals surface area contributed by atoms with Crippen LogP contribution in [-0.2, 0) is 24.2 Å². The molecule has 2 unspecified atom stereocenters. The van der Waals surface area contributed by atoms with Crippen molar-refractivity contribution in [2.45, 2.75) is 45.0 Å². The second-order valence-corrected chi connectivity index (χ2v) is 8.20. The van der Waals surface area contributed by atoms with E-state index in [9.17, 15) is 4.79 Å². The van der Waals surface area contributed by atoms with E-state index in [2.05, 4.69) is 24.4 Å². The van der Waals surface area contributed by atoms with Gasteiger partial charge in [0.15, 0.2) is 11.6 Å². The minimum atomic E-state index is -0.393. The van der Waals surface area contributed by atoms with Crippen LogP contribution in [0.3, 0.4) is 0 Å². The molecule has 5 rings (SSSR count). The number of methoxy groups -OCH3 is 1. The predicted molar refractivity (Wildman–Crippen MR) is 124 cm³/mol. The third-order valence-corrected chi connectivity index (χ3v) is 5.96. The van der Waals surface area contributed by atoms with E-state index in [1.807, 2.05) is 53.1 Å². The molecule has 0 aromatic heterocycles. The molecule has 3 heterocycles. The molecule has 3 aliphatic heterocycles. The molecule has 3 aliphatic rings. The molecule has 0 bridgehead atoms. The van der Waals surface area contributed by atoms with Gasteiger partial charge in [-0.1, -0.05) is 67.6 Å². The Morgan fingerprint density at radius 2 is 1.81 bits per heavy atom. The Morgan fingerprint density at radius 3 is 2.50 bits per heavy atom. The standard InChI is InChI=1S/C25H27N5O2/c1-3-14-29-24-20(27-22(28-24)21(32-2)18-12-8-5-9-13-18)23-26-19(16-30(23)25(29)31)15-17-10-6-4-7-11-17/h4-13,19,21,26H,3,14-16H2,1-2H3. The van der Waals surface area contributed by atoms with Gasteiger partial charge in [-0.15, -0.1) is 0 Å². The van der Waals surface area contributed by atoms with E-state index in [0.29, 0.717) is 24.7 Å². The van der Waals surface area contributed by atoms with Crippen LogP contribution in [0.4, 0.5) is 5.82 Å². The number of imidazole rings is 1. The summed E-state index contributed by atoms with van der Waals surface area (Å²) in [7, 11) is 1.66. The molecule has 0 fully saturated rings. The van der Waals surface area contributed by atoms with Gasteiger partial charge in [-0.3, -0.25) is 9.13 Å². The largest absolute Gasteiger partial charge is 0.369 e. The molecule has 0 amide bonds. The highest BCUT2D eigenvalue weighted by atomic mass is 16.5.